The molecule has 0 bridgehead atoms. The molecule has 13 heteroatoms. The second-order valence-corrected chi connectivity index (χ2v) is 13.9. The zero-order valence-electron chi connectivity index (χ0n) is 26.6. The Hall–Kier alpha value is -4.23. The first kappa shape index (κ1) is 34.6. The summed E-state index contributed by atoms with van der Waals surface area (Å²) in [6.07, 6.45) is -0.145. The lowest BCUT2D eigenvalue weighted by atomic mass is 9.99. The zero-order valence-corrected chi connectivity index (χ0v) is 27.4. The maximum atomic E-state index is 13.9. The number of halogens is 3. The minimum atomic E-state index is -3.09. The van der Waals surface area contributed by atoms with E-state index in [4.69, 9.17) is 9.47 Å². The summed E-state index contributed by atoms with van der Waals surface area (Å²) in [5.41, 5.74) is -1.10. The summed E-state index contributed by atoms with van der Waals surface area (Å²) in [7, 11) is 0. The van der Waals surface area contributed by atoms with E-state index < -0.39 is 47.4 Å². The molecule has 0 spiro atoms. The first-order chi connectivity index (χ1) is 21.3. The molecule has 0 unspecified atom stereocenters. The van der Waals surface area contributed by atoms with Gasteiger partial charge in [0.15, 0.2) is 5.13 Å². The summed E-state index contributed by atoms with van der Waals surface area (Å²) in [4.78, 5) is 36.5. The number of pyridine rings is 1. The van der Waals surface area contributed by atoms with E-state index in [9.17, 15) is 27.9 Å². The van der Waals surface area contributed by atoms with E-state index >= 15 is 0 Å². The number of benzene rings is 2. The van der Waals surface area contributed by atoms with Crippen LogP contribution in [-0.2, 0) is 15.4 Å². The molecular formula is C33H37F3N4O5S. The number of amides is 2. The van der Waals surface area contributed by atoms with Crippen molar-refractivity contribution in [2.75, 3.05) is 11.4 Å². The van der Waals surface area contributed by atoms with Crippen molar-refractivity contribution in [3.63, 3.8) is 0 Å². The number of thiazole rings is 1. The fourth-order valence-electron chi connectivity index (χ4n) is 4.42. The Labute approximate surface area is 269 Å². The average Bonchev–Trinajstić information content (AvgIpc) is 3.42. The predicted molar refractivity (Wildman–Crippen MR) is 171 cm³/mol. The topological polar surface area (TPSA) is 114 Å². The molecule has 2 aromatic carbocycles. The number of anilines is 1. The quantitative estimate of drug-likeness (QED) is 0.185. The number of nitrogens with one attached hydrogen (secondary N) is 1. The van der Waals surface area contributed by atoms with Crippen LogP contribution in [0.5, 0.6) is 0 Å². The second-order valence-electron chi connectivity index (χ2n) is 12.9. The number of aromatic nitrogens is 2. The van der Waals surface area contributed by atoms with Gasteiger partial charge in [-0.1, -0.05) is 47.7 Å². The molecule has 46 heavy (non-hydrogen) atoms. The fraction of sp³-hybridized carbons (Fsp3) is 0.394. The van der Waals surface area contributed by atoms with E-state index in [0.29, 0.717) is 15.8 Å². The summed E-state index contributed by atoms with van der Waals surface area (Å²) in [5, 5.41) is 15.6. The van der Waals surface area contributed by atoms with Crippen molar-refractivity contribution in [2.45, 2.75) is 77.7 Å². The van der Waals surface area contributed by atoms with Gasteiger partial charge in [0.2, 0.25) is 5.95 Å². The zero-order chi connectivity index (χ0) is 34.0. The van der Waals surface area contributed by atoms with E-state index in [1.807, 2.05) is 6.07 Å². The van der Waals surface area contributed by atoms with E-state index in [-0.39, 0.29) is 22.8 Å². The Morgan fingerprint density at radius 1 is 0.913 bits per heavy atom. The van der Waals surface area contributed by atoms with Crippen molar-refractivity contribution in [3.05, 3.63) is 78.0 Å². The molecular weight excluding hydrogens is 621 g/mol. The number of carbonyl (C=O) groups excluding carboxylic acids is 2. The Bertz CT molecular complexity index is 1690. The number of carbonyl (C=O) groups is 2. The predicted octanol–water partition coefficient (Wildman–Crippen LogP) is 7.98. The number of alkyl carbamates (subject to hydrolysis) is 1. The maximum absolute atomic E-state index is 13.9. The number of aliphatic hydroxyl groups is 1. The Kier molecular flexibility index (Phi) is 9.98. The van der Waals surface area contributed by atoms with Crippen LogP contribution < -0.4 is 10.2 Å². The number of ether oxygens (including phenoxy) is 2. The molecule has 4 rings (SSSR count). The molecule has 2 amide bonds. The molecule has 4 aromatic rings. The number of hydrogen-bond donors (Lipinski definition) is 2. The molecule has 0 aliphatic carbocycles. The molecule has 0 aliphatic rings. The Morgan fingerprint density at radius 2 is 1.57 bits per heavy atom. The monoisotopic (exact) mass is 658 g/mol. The van der Waals surface area contributed by atoms with Crippen molar-refractivity contribution in [1.29, 1.82) is 0 Å². The highest BCUT2D eigenvalue weighted by atomic mass is 32.1. The first-order valence-electron chi connectivity index (χ1n) is 14.5. The van der Waals surface area contributed by atoms with Gasteiger partial charge in [-0.2, -0.15) is 4.39 Å². The summed E-state index contributed by atoms with van der Waals surface area (Å²) in [6, 6.07) is 10.5. The molecule has 2 aromatic heterocycles. The van der Waals surface area contributed by atoms with Gasteiger partial charge in [0.25, 0.3) is 5.92 Å². The summed E-state index contributed by atoms with van der Waals surface area (Å²) in [5.74, 6) is -3.71. The largest absolute Gasteiger partial charge is 0.444 e. The lowest BCUT2D eigenvalue weighted by molar-refractivity contribution is 0.0173. The lowest BCUT2D eigenvalue weighted by Gasteiger charge is -2.32. The van der Waals surface area contributed by atoms with Gasteiger partial charge in [0.05, 0.1) is 17.5 Å². The number of hydrogen-bond acceptors (Lipinski definition) is 8. The van der Waals surface area contributed by atoms with Crippen LogP contribution in [0, 0.1) is 5.95 Å². The van der Waals surface area contributed by atoms with Crippen LogP contribution in [0.4, 0.5) is 27.9 Å². The minimum Gasteiger partial charge on any atom is -0.444 e. The van der Waals surface area contributed by atoms with Crippen LogP contribution in [0.25, 0.3) is 21.2 Å². The van der Waals surface area contributed by atoms with Gasteiger partial charge in [-0.15, -0.1) is 0 Å². The van der Waals surface area contributed by atoms with Gasteiger partial charge in [0.1, 0.15) is 17.3 Å². The molecule has 2 N–H and O–H groups in total. The summed E-state index contributed by atoms with van der Waals surface area (Å²) < 4.78 is 52.6. The van der Waals surface area contributed by atoms with E-state index in [2.05, 4.69) is 15.3 Å². The van der Waals surface area contributed by atoms with Crippen molar-refractivity contribution in [3.8, 4) is 10.4 Å². The van der Waals surface area contributed by atoms with Gasteiger partial charge in [-0.3, -0.25) is 4.90 Å². The van der Waals surface area contributed by atoms with Gasteiger partial charge in [-0.25, -0.2) is 28.3 Å². The molecule has 0 saturated carbocycles. The molecule has 9 nitrogen and oxygen atoms in total. The highest BCUT2D eigenvalue weighted by molar-refractivity contribution is 7.19. The fourth-order valence-corrected chi connectivity index (χ4v) is 5.34. The highest BCUT2D eigenvalue weighted by Gasteiger charge is 2.34. The van der Waals surface area contributed by atoms with Gasteiger partial charge >= 0.3 is 12.2 Å². The number of aliphatic hydroxyl groups excluding tert-OH is 1. The van der Waals surface area contributed by atoms with Crippen LogP contribution >= 0.6 is 11.3 Å². The van der Waals surface area contributed by atoms with Crippen molar-refractivity contribution >= 4 is 39.4 Å². The number of alkyl halides is 2. The molecule has 0 aliphatic heterocycles. The van der Waals surface area contributed by atoms with Crippen molar-refractivity contribution in [2.24, 2.45) is 0 Å². The highest BCUT2D eigenvalue weighted by Crippen LogP contribution is 2.35. The third-order valence-corrected chi connectivity index (χ3v) is 7.60. The molecule has 246 valence electrons. The summed E-state index contributed by atoms with van der Waals surface area (Å²) in [6.45, 7) is 10.5. The van der Waals surface area contributed by atoms with Crippen molar-refractivity contribution < 1.29 is 37.3 Å². The second kappa shape index (κ2) is 13.2. The van der Waals surface area contributed by atoms with Gasteiger partial charge in [-0.05, 0) is 64.1 Å². The Balaban J connectivity index is 1.72. The van der Waals surface area contributed by atoms with Crippen molar-refractivity contribution in [1.82, 2.24) is 15.3 Å². The Morgan fingerprint density at radius 3 is 2.17 bits per heavy atom. The van der Waals surface area contributed by atoms with Crippen LogP contribution in [0.2, 0.25) is 0 Å². The third-order valence-electron chi connectivity index (χ3n) is 6.53. The maximum Gasteiger partial charge on any atom is 0.416 e. The van der Waals surface area contributed by atoms with E-state index in [1.165, 1.54) is 41.4 Å². The van der Waals surface area contributed by atoms with Gasteiger partial charge in [0, 0.05) is 36.3 Å². The van der Waals surface area contributed by atoms with Crippen LogP contribution in [0.15, 0.2) is 60.9 Å². The number of fused-ring (bicyclic) bond motifs is 1. The molecule has 2 atom stereocenters. The molecule has 0 radical (unpaired) electrons. The smallest absolute Gasteiger partial charge is 0.416 e. The number of nitrogens with zero attached hydrogens (tertiary/aromatic N) is 3. The standard InChI is InChI=1S/C33H37F3N4O5S/c1-31(2,3)44-29(42)39-24(27(41)19-10-12-23(13-11-19)33(7,35)36)18-40(30(43)45-32(4,5)6)28-38-17-25(46-28)20-8-9-21-16-37-26(34)15-22(21)14-20/h8-17,24,27,41H,18H2,1-7H3,(H,39,42)/t24-,27+/m1/s1. The normalized spacial score (nSPS) is 13.6. The SMILES string of the molecule is CC(C)(C)OC(=O)N[C@H](CN(C(=O)OC(C)(C)C)c1ncc(-c2ccc3cnc(F)cc3c2)s1)[C@@H](O)c1ccc(C(C)(F)F)cc1. The lowest BCUT2D eigenvalue weighted by Crippen LogP contribution is -2.51. The third kappa shape index (κ3) is 9.16. The van der Waals surface area contributed by atoms with Gasteiger partial charge < -0.3 is 19.9 Å². The van der Waals surface area contributed by atoms with E-state index in [1.54, 1.807) is 59.9 Å². The van der Waals surface area contributed by atoms with Crippen LogP contribution in [0.3, 0.4) is 0 Å². The molecule has 0 saturated heterocycles. The molecule has 0 fully saturated rings. The van der Waals surface area contributed by atoms with Crippen LogP contribution in [0.1, 0.15) is 65.7 Å². The molecule has 2 heterocycles. The average molecular weight is 659 g/mol. The summed E-state index contributed by atoms with van der Waals surface area (Å²) >= 11 is 1.14. The number of rotatable bonds is 8. The van der Waals surface area contributed by atoms with Crippen LogP contribution in [-0.4, -0.2) is 51.0 Å². The van der Waals surface area contributed by atoms with E-state index in [0.717, 1.165) is 23.6 Å². The minimum absolute atomic E-state index is 0.189. The first-order valence-corrected chi connectivity index (χ1v) is 15.3.